The Balaban J connectivity index is 1.30. The van der Waals surface area contributed by atoms with Gasteiger partial charge in [-0.3, -0.25) is 4.79 Å². The number of nitrogens with one attached hydrogen (secondary N) is 3. The summed E-state index contributed by atoms with van der Waals surface area (Å²) in [5.41, 5.74) is 2.52. The van der Waals surface area contributed by atoms with E-state index in [1.165, 1.54) is 0 Å². The van der Waals surface area contributed by atoms with E-state index in [0.717, 1.165) is 67.2 Å². The highest BCUT2D eigenvalue weighted by molar-refractivity contribution is 5.99. The van der Waals surface area contributed by atoms with Crippen LogP contribution in [-0.2, 0) is 4.79 Å². The molecule has 0 radical (unpaired) electrons. The van der Waals surface area contributed by atoms with Crippen LogP contribution in [0.2, 0.25) is 0 Å². The van der Waals surface area contributed by atoms with E-state index in [1.807, 2.05) is 36.5 Å². The number of benzene rings is 1. The predicted molar refractivity (Wildman–Crippen MR) is 124 cm³/mol. The van der Waals surface area contributed by atoms with Crippen molar-refractivity contribution in [2.75, 3.05) is 52.3 Å². The highest BCUT2D eigenvalue weighted by Crippen LogP contribution is 2.42. The van der Waals surface area contributed by atoms with E-state index < -0.39 is 0 Å². The molecule has 8 nitrogen and oxygen atoms in total. The fraction of sp³-hybridized carbons (Fsp3) is 0.417. The smallest absolute Gasteiger partial charge is 0.228 e. The quantitative estimate of drug-likeness (QED) is 0.529. The summed E-state index contributed by atoms with van der Waals surface area (Å²) in [6.07, 6.45) is 2.85. The van der Waals surface area contributed by atoms with Crippen molar-refractivity contribution in [3.8, 4) is 22.6 Å². The highest BCUT2D eigenvalue weighted by atomic mass is 16.5. The van der Waals surface area contributed by atoms with Crippen LogP contribution in [-0.4, -0.2) is 67.7 Å². The Bertz CT molecular complexity index is 1100. The van der Waals surface area contributed by atoms with Crippen molar-refractivity contribution >= 4 is 22.8 Å². The highest BCUT2D eigenvalue weighted by Gasteiger charge is 2.43. The number of H-pyrrole nitrogens is 1. The molecular formula is C24H29N5O3. The molecular weight excluding hydrogens is 406 g/mol. The van der Waals surface area contributed by atoms with E-state index in [1.54, 1.807) is 14.2 Å². The molecule has 0 spiro atoms. The Morgan fingerprint density at radius 1 is 1.16 bits per heavy atom. The van der Waals surface area contributed by atoms with Gasteiger partial charge in [-0.2, -0.15) is 0 Å². The number of pyridine rings is 1. The van der Waals surface area contributed by atoms with Crippen molar-refractivity contribution in [1.82, 2.24) is 20.2 Å². The number of amides is 1. The number of carbonyl (C=O) groups excluding carboxylic acids is 1. The van der Waals surface area contributed by atoms with Crippen LogP contribution in [0.4, 0.5) is 5.82 Å². The average Bonchev–Trinajstić information content (AvgIpc) is 3.47. The number of nitrogens with zero attached hydrogens (tertiary/aromatic N) is 2. The van der Waals surface area contributed by atoms with Gasteiger partial charge < -0.3 is 30.0 Å². The fourth-order valence-corrected chi connectivity index (χ4v) is 4.61. The Morgan fingerprint density at radius 2 is 1.91 bits per heavy atom. The molecule has 0 unspecified atom stereocenters. The molecule has 168 valence electrons. The van der Waals surface area contributed by atoms with Crippen LogP contribution in [0.1, 0.15) is 6.42 Å². The number of rotatable bonds is 7. The molecule has 3 aromatic rings. The van der Waals surface area contributed by atoms with Crippen LogP contribution in [0.25, 0.3) is 22.2 Å². The largest absolute Gasteiger partial charge is 0.496 e. The van der Waals surface area contributed by atoms with Gasteiger partial charge in [0.2, 0.25) is 5.91 Å². The molecule has 2 aromatic heterocycles. The number of anilines is 1. The third kappa shape index (κ3) is 4.03. The average molecular weight is 436 g/mol. The molecule has 1 aliphatic heterocycles. The molecule has 1 amide bonds. The zero-order valence-corrected chi connectivity index (χ0v) is 18.5. The fourth-order valence-electron chi connectivity index (χ4n) is 4.61. The Hall–Kier alpha value is -3.10. The summed E-state index contributed by atoms with van der Waals surface area (Å²) < 4.78 is 11.1. The number of aromatic nitrogens is 2. The predicted octanol–water partition coefficient (Wildman–Crippen LogP) is 2.73. The van der Waals surface area contributed by atoms with E-state index in [0.29, 0.717) is 17.4 Å². The molecule has 2 aliphatic rings. The van der Waals surface area contributed by atoms with Crippen LogP contribution >= 0.6 is 0 Å². The molecule has 1 aromatic carbocycles. The molecule has 2 fully saturated rings. The van der Waals surface area contributed by atoms with Crippen molar-refractivity contribution < 1.29 is 14.3 Å². The van der Waals surface area contributed by atoms with Gasteiger partial charge in [0, 0.05) is 55.8 Å². The van der Waals surface area contributed by atoms with Crippen LogP contribution in [0.15, 0.2) is 36.5 Å². The summed E-state index contributed by atoms with van der Waals surface area (Å²) in [6.45, 7) is 5.20. The normalized spacial score (nSPS) is 20.8. The van der Waals surface area contributed by atoms with E-state index in [2.05, 4.69) is 25.5 Å². The second kappa shape index (κ2) is 8.80. The van der Waals surface area contributed by atoms with E-state index >= 15 is 0 Å². The van der Waals surface area contributed by atoms with Gasteiger partial charge in [-0.15, -0.1) is 0 Å². The van der Waals surface area contributed by atoms with Gasteiger partial charge in [0.05, 0.1) is 19.8 Å². The van der Waals surface area contributed by atoms with Crippen molar-refractivity contribution in [3.63, 3.8) is 0 Å². The molecule has 1 saturated heterocycles. The lowest BCUT2D eigenvalue weighted by atomic mass is 10.0. The maximum atomic E-state index is 12.7. The van der Waals surface area contributed by atoms with Crippen LogP contribution in [0, 0.1) is 11.8 Å². The zero-order chi connectivity index (χ0) is 22.1. The first kappa shape index (κ1) is 20.8. The second-order valence-electron chi connectivity index (χ2n) is 8.47. The standard InChI is InChI=1S/C24H29N5O3/c1-31-19-4-3-5-20(32-2)22(19)18-13-26-23-16(18)6-7-21(27-23)28-24(30)17-12-15(17)14-29-10-8-25-9-11-29/h3-7,13,15,17,25H,8-12,14H2,1-2H3,(H2,26,27,28,30)/t15-,17-/m1/s1. The minimum Gasteiger partial charge on any atom is -0.496 e. The van der Waals surface area contributed by atoms with Crippen LogP contribution < -0.4 is 20.1 Å². The molecule has 3 N–H and O–H groups in total. The number of aromatic amines is 1. The lowest BCUT2D eigenvalue weighted by molar-refractivity contribution is -0.117. The minimum atomic E-state index is 0.0650. The van der Waals surface area contributed by atoms with Gasteiger partial charge in [0.1, 0.15) is 23.0 Å². The first-order valence-corrected chi connectivity index (χ1v) is 11.1. The molecule has 0 bridgehead atoms. The minimum absolute atomic E-state index is 0.0650. The maximum Gasteiger partial charge on any atom is 0.228 e. The topological polar surface area (TPSA) is 91.5 Å². The van der Waals surface area contributed by atoms with Crippen molar-refractivity contribution in [2.24, 2.45) is 11.8 Å². The van der Waals surface area contributed by atoms with E-state index in [9.17, 15) is 4.79 Å². The summed E-state index contributed by atoms with van der Waals surface area (Å²) >= 11 is 0. The molecule has 1 aliphatic carbocycles. The van der Waals surface area contributed by atoms with Gasteiger partial charge in [-0.25, -0.2) is 4.98 Å². The number of hydrogen-bond acceptors (Lipinski definition) is 6. The van der Waals surface area contributed by atoms with Crippen LogP contribution in [0.3, 0.4) is 0 Å². The molecule has 5 rings (SSSR count). The SMILES string of the molecule is COc1cccc(OC)c1-c1c[nH]c2nc(NC(=O)[C@@H]3C[C@@H]3CN3CCNCC3)ccc12. The van der Waals surface area contributed by atoms with Crippen molar-refractivity contribution in [3.05, 3.63) is 36.5 Å². The third-order valence-electron chi connectivity index (χ3n) is 6.45. The number of hydrogen-bond donors (Lipinski definition) is 3. The molecule has 8 heteroatoms. The van der Waals surface area contributed by atoms with Crippen molar-refractivity contribution in [1.29, 1.82) is 0 Å². The maximum absolute atomic E-state index is 12.7. The number of fused-ring (bicyclic) bond motifs is 1. The number of piperazine rings is 1. The first-order valence-electron chi connectivity index (χ1n) is 11.1. The summed E-state index contributed by atoms with van der Waals surface area (Å²) in [5, 5.41) is 7.31. The molecule has 32 heavy (non-hydrogen) atoms. The Morgan fingerprint density at radius 3 is 2.62 bits per heavy atom. The van der Waals surface area contributed by atoms with E-state index in [-0.39, 0.29) is 11.8 Å². The van der Waals surface area contributed by atoms with Gasteiger partial charge >= 0.3 is 0 Å². The summed E-state index contributed by atoms with van der Waals surface area (Å²) in [4.78, 5) is 23.0. The van der Waals surface area contributed by atoms with Gasteiger partial charge in [-0.1, -0.05) is 6.07 Å². The number of carbonyl (C=O) groups is 1. The monoisotopic (exact) mass is 435 g/mol. The van der Waals surface area contributed by atoms with Gasteiger partial charge in [-0.05, 0) is 36.6 Å². The molecule has 2 atom stereocenters. The molecule has 3 heterocycles. The summed E-state index contributed by atoms with van der Waals surface area (Å²) in [5.74, 6) is 2.62. The summed E-state index contributed by atoms with van der Waals surface area (Å²) in [7, 11) is 3.29. The number of ether oxygens (including phenoxy) is 2. The lowest BCUT2D eigenvalue weighted by Crippen LogP contribution is -2.44. The van der Waals surface area contributed by atoms with Gasteiger partial charge in [0.25, 0.3) is 0 Å². The second-order valence-corrected chi connectivity index (χ2v) is 8.47. The summed E-state index contributed by atoms with van der Waals surface area (Å²) in [6, 6.07) is 9.54. The van der Waals surface area contributed by atoms with E-state index in [4.69, 9.17) is 9.47 Å². The third-order valence-corrected chi connectivity index (χ3v) is 6.45. The first-order chi connectivity index (χ1) is 15.7. The Kier molecular flexibility index (Phi) is 5.71. The molecule has 1 saturated carbocycles. The lowest BCUT2D eigenvalue weighted by Gasteiger charge is -2.27. The van der Waals surface area contributed by atoms with Gasteiger partial charge in [0.15, 0.2) is 0 Å². The Labute approximate surface area is 187 Å². The number of methoxy groups -OCH3 is 2. The van der Waals surface area contributed by atoms with Crippen molar-refractivity contribution in [2.45, 2.75) is 6.42 Å². The zero-order valence-electron chi connectivity index (χ0n) is 18.5. The van der Waals surface area contributed by atoms with Crippen LogP contribution in [0.5, 0.6) is 11.5 Å².